The molecule has 0 amide bonds. The number of hydrogen-bond donors (Lipinski definition) is 0. The van der Waals surface area contributed by atoms with Gasteiger partial charge in [-0.25, -0.2) is 0 Å². The molecule has 0 spiro atoms. The zero-order chi connectivity index (χ0) is 14.2. The maximum atomic E-state index is 9.51. The molecular formula is C19H21N. The van der Waals surface area contributed by atoms with Crippen LogP contribution in [0, 0.1) is 11.3 Å². The summed E-state index contributed by atoms with van der Waals surface area (Å²) in [4.78, 5) is 0. The first kappa shape index (κ1) is 14.3. The molecule has 0 radical (unpaired) electrons. The zero-order valence-corrected chi connectivity index (χ0v) is 12.1. The number of aryl methyl sites for hydroxylation is 1. The molecule has 0 bridgehead atoms. The maximum Gasteiger partial charge on any atom is 0.100 e. The molecule has 0 N–H and O–H groups in total. The highest BCUT2D eigenvalue weighted by Gasteiger charge is 2.09. The fourth-order valence-corrected chi connectivity index (χ4v) is 2.54. The van der Waals surface area contributed by atoms with Crippen molar-refractivity contribution in [3.05, 3.63) is 59.7 Å². The van der Waals surface area contributed by atoms with Crippen LogP contribution in [0.1, 0.15) is 43.7 Å². The van der Waals surface area contributed by atoms with E-state index in [0.717, 1.165) is 23.1 Å². The minimum atomic E-state index is 0.843. The number of unbranched alkanes of at least 4 members (excludes halogenated alkanes) is 3. The van der Waals surface area contributed by atoms with E-state index in [-0.39, 0.29) is 0 Å². The van der Waals surface area contributed by atoms with Gasteiger partial charge in [-0.3, -0.25) is 0 Å². The summed E-state index contributed by atoms with van der Waals surface area (Å²) >= 11 is 0. The van der Waals surface area contributed by atoms with Crippen molar-refractivity contribution < 1.29 is 0 Å². The standard InChI is InChI=1S/C19H21N/c1-2-3-4-6-12-17-13-9-14-18(19(17)15-20)16-10-7-5-8-11-16/h5,7-11,13-14H,2-4,6,12H2,1H3. The first-order valence-electron chi connectivity index (χ1n) is 7.44. The van der Waals surface area contributed by atoms with Gasteiger partial charge in [0.2, 0.25) is 0 Å². The average Bonchev–Trinajstić information content (AvgIpc) is 2.52. The van der Waals surface area contributed by atoms with Gasteiger partial charge < -0.3 is 0 Å². The molecule has 0 aliphatic rings. The number of benzene rings is 2. The van der Waals surface area contributed by atoms with Crippen molar-refractivity contribution in [2.24, 2.45) is 0 Å². The van der Waals surface area contributed by atoms with Gasteiger partial charge in [0.15, 0.2) is 0 Å². The molecule has 1 heteroatoms. The van der Waals surface area contributed by atoms with E-state index in [1.807, 2.05) is 24.3 Å². The van der Waals surface area contributed by atoms with Gasteiger partial charge in [0.25, 0.3) is 0 Å². The van der Waals surface area contributed by atoms with Crippen LogP contribution < -0.4 is 0 Å². The third-order valence-electron chi connectivity index (χ3n) is 3.65. The lowest BCUT2D eigenvalue weighted by atomic mass is 9.93. The Balaban J connectivity index is 2.24. The lowest BCUT2D eigenvalue weighted by Crippen LogP contribution is -1.94. The lowest BCUT2D eigenvalue weighted by molar-refractivity contribution is 0.666. The predicted molar refractivity (Wildman–Crippen MR) is 84.4 cm³/mol. The highest BCUT2D eigenvalue weighted by molar-refractivity contribution is 5.72. The third kappa shape index (κ3) is 3.48. The minimum Gasteiger partial charge on any atom is -0.192 e. The fraction of sp³-hybridized carbons (Fsp3) is 0.316. The van der Waals surface area contributed by atoms with Gasteiger partial charge in [0, 0.05) is 0 Å². The molecule has 2 aromatic rings. The fourth-order valence-electron chi connectivity index (χ4n) is 2.54. The van der Waals surface area contributed by atoms with Crippen LogP contribution >= 0.6 is 0 Å². The second-order valence-electron chi connectivity index (χ2n) is 5.13. The molecule has 0 heterocycles. The monoisotopic (exact) mass is 263 g/mol. The summed E-state index contributed by atoms with van der Waals surface area (Å²) in [5.41, 5.74) is 4.21. The third-order valence-corrected chi connectivity index (χ3v) is 3.65. The minimum absolute atomic E-state index is 0.843. The first-order chi connectivity index (χ1) is 9.86. The van der Waals surface area contributed by atoms with Crippen molar-refractivity contribution in [1.29, 1.82) is 5.26 Å². The molecule has 0 aliphatic heterocycles. The van der Waals surface area contributed by atoms with Crippen molar-refractivity contribution in [2.45, 2.75) is 39.0 Å². The molecular weight excluding hydrogens is 242 g/mol. The van der Waals surface area contributed by atoms with E-state index >= 15 is 0 Å². The highest BCUT2D eigenvalue weighted by Crippen LogP contribution is 2.26. The first-order valence-corrected chi connectivity index (χ1v) is 7.44. The normalized spacial score (nSPS) is 10.2. The summed E-state index contributed by atoms with van der Waals surface area (Å²) in [7, 11) is 0. The van der Waals surface area contributed by atoms with Crippen molar-refractivity contribution in [2.75, 3.05) is 0 Å². The van der Waals surface area contributed by atoms with Crippen LogP contribution in [0.5, 0.6) is 0 Å². The van der Waals surface area contributed by atoms with E-state index in [2.05, 4.69) is 37.3 Å². The molecule has 1 nitrogen and oxygen atoms in total. The van der Waals surface area contributed by atoms with Gasteiger partial charge in [0.1, 0.15) is 6.07 Å². The highest BCUT2D eigenvalue weighted by atomic mass is 14.3. The Kier molecular flexibility index (Phi) is 5.38. The van der Waals surface area contributed by atoms with Gasteiger partial charge in [-0.1, -0.05) is 74.7 Å². The van der Waals surface area contributed by atoms with Crippen LogP contribution in [-0.4, -0.2) is 0 Å². The van der Waals surface area contributed by atoms with Crippen LogP contribution in [0.15, 0.2) is 48.5 Å². The second kappa shape index (κ2) is 7.50. The SMILES string of the molecule is CCCCCCc1cccc(-c2ccccc2)c1C#N. The van der Waals surface area contributed by atoms with E-state index in [1.54, 1.807) is 0 Å². The quantitative estimate of drug-likeness (QED) is 0.645. The molecule has 0 unspecified atom stereocenters. The van der Waals surface area contributed by atoms with E-state index in [4.69, 9.17) is 0 Å². The Hall–Kier alpha value is -2.07. The van der Waals surface area contributed by atoms with Gasteiger partial charge >= 0.3 is 0 Å². The van der Waals surface area contributed by atoms with E-state index < -0.39 is 0 Å². The molecule has 0 aliphatic carbocycles. The van der Waals surface area contributed by atoms with Crippen LogP contribution in [0.2, 0.25) is 0 Å². The molecule has 20 heavy (non-hydrogen) atoms. The van der Waals surface area contributed by atoms with Crippen LogP contribution in [-0.2, 0) is 6.42 Å². The zero-order valence-electron chi connectivity index (χ0n) is 12.1. The molecule has 0 fully saturated rings. The number of rotatable bonds is 6. The molecule has 0 aromatic heterocycles. The largest absolute Gasteiger partial charge is 0.192 e. The predicted octanol–water partition coefficient (Wildman–Crippen LogP) is 5.35. The van der Waals surface area contributed by atoms with Gasteiger partial charge in [-0.05, 0) is 29.5 Å². The van der Waals surface area contributed by atoms with Crippen LogP contribution in [0.4, 0.5) is 0 Å². The van der Waals surface area contributed by atoms with E-state index in [0.29, 0.717) is 0 Å². The molecule has 102 valence electrons. The second-order valence-corrected chi connectivity index (χ2v) is 5.13. The van der Waals surface area contributed by atoms with E-state index in [9.17, 15) is 5.26 Å². The number of nitriles is 1. The van der Waals surface area contributed by atoms with Crippen molar-refractivity contribution in [1.82, 2.24) is 0 Å². The summed E-state index contributed by atoms with van der Waals surface area (Å²) in [6, 6.07) is 18.8. The van der Waals surface area contributed by atoms with Crippen LogP contribution in [0.3, 0.4) is 0 Å². The Morgan fingerprint density at radius 1 is 0.900 bits per heavy atom. The topological polar surface area (TPSA) is 23.8 Å². The van der Waals surface area contributed by atoms with Crippen LogP contribution in [0.25, 0.3) is 11.1 Å². The summed E-state index contributed by atoms with van der Waals surface area (Å²) in [6.07, 6.45) is 5.94. The average molecular weight is 263 g/mol. The molecule has 0 atom stereocenters. The smallest absolute Gasteiger partial charge is 0.100 e. The van der Waals surface area contributed by atoms with Crippen molar-refractivity contribution in [3.8, 4) is 17.2 Å². The molecule has 0 saturated carbocycles. The van der Waals surface area contributed by atoms with Crippen molar-refractivity contribution in [3.63, 3.8) is 0 Å². The Labute approximate surface area is 121 Å². The van der Waals surface area contributed by atoms with E-state index in [1.165, 1.54) is 31.2 Å². The number of nitrogens with zero attached hydrogens (tertiary/aromatic N) is 1. The summed E-state index contributed by atoms with van der Waals surface area (Å²) in [5, 5.41) is 9.51. The molecule has 2 rings (SSSR count). The summed E-state index contributed by atoms with van der Waals surface area (Å²) in [6.45, 7) is 2.22. The molecule has 2 aromatic carbocycles. The Bertz CT molecular complexity index is 578. The van der Waals surface area contributed by atoms with Gasteiger partial charge in [0.05, 0.1) is 5.56 Å². The van der Waals surface area contributed by atoms with Crippen molar-refractivity contribution >= 4 is 0 Å². The lowest BCUT2D eigenvalue weighted by Gasteiger charge is -2.09. The van der Waals surface area contributed by atoms with Gasteiger partial charge in [-0.15, -0.1) is 0 Å². The molecule has 0 saturated heterocycles. The Morgan fingerprint density at radius 3 is 2.40 bits per heavy atom. The van der Waals surface area contributed by atoms with Gasteiger partial charge in [-0.2, -0.15) is 5.26 Å². The summed E-state index contributed by atoms with van der Waals surface area (Å²) in [5.74, 6) is 0. The maximum absolute atomic E-state index is 9.51. The summed E-state index contributed by atoms with van der Waals surface area (Å²) < 4.78 is 0. The number of hydrogen-bond acceptors (Lipinski definition) is 1. The Morgan fingerprint density at radius 2 is 1.70 bits per heavy atom.